The third-order valence-electron chi connectivity index (χ3n) is 5.75. The van der Waals surface area contributed by atoms with Crippen LogP contribution in [-0.4, -0.2) is 71.8 Å². The van der Waals surface area contributed by atoms with Gasteiger partial charge in [-0.05, 0) is 25.1 Å². The molecular formula is C24H26FN7O6S. The molecule has 1 aromatic carbocycles. The Bertz CT molecular complexity index is 1530. The topological polar surface area (TPSA) is 152 Å². The van der Waals surface area contributed by atoms with Crippen molar-refractivity contribution in [3.05, 3.63) is 60.4 Å². The number of aromatic nitrogens is 6. The van der Waals surface area contributed by atoms with Crippen molar-refractivity contribution in [1.29, 1.82) is 0 Å². The van der Waals surface area contributed by atoms with Crippen LogP contribution in [0.2, 0.25) is 0 Å². The predicted molar refractivity (Wildman–Crippen MR) is 138 cm³/mol. The molecule has 4 rings (SSSR count). The molecule has 3 aromatic heterocycles. The number of anilines is 1. The second-order valence-corrected chi connectivity index (χ2v) is 10.1. The fraction of sp³-hybridized carbons (Fsp3) is 0.292. The maximum atomic E-state index is 13.6. The summed E-state index contributed by atoms with van der Waals surface area (Å²) >= 11 is 0. The van der Waals surface area contributed by atoms with E-state index in [1.165, 1.54) is 39.9 Å². The lowest BCUT2D eigenvalue weighted by atomic mass is 10.2. The monoisotopic (exact) mass is 559 g/mol. The molecule has 0 fully saturated rings. The molecule has 0 aliphatic carbocycles. The summed E-state index contributed by atoms with van der Waals surface area (Å²) in [4.78, 5) is 12.2. The number of methoxy groups -OCH3 is 4. The Morgan fingerprint density at radius 1 is 0.923 bits per heavy atom. The third kappa shape index (κ3) is 5.58. The fourth-order valence-corrected chi connectivity index (χ4v) is 4.92. The third-order valence-corrected chi connectivity index (χ3v) is 7.44. The maximum Gasteiger partial charge on any atom is 0.243 e. The Morgan fingerprint density at radius 2 is 1.56 bits per heavy atom. The molecule has 13 nitrogen and oxygen atoms in total. The summed E-state index contributed by atoms with van der Waals surface area (Å²) in [5, 5.41) is 7.11. The van der Waals surface area contributed by atoms with Crippen LogP contribution in [0.15, 0.2) is 48.8 Å². The molecule has 15 heteroatoms. The van der Waals surface area contributed by atoms with Gasteiger partial charge in [0.05, 0.1) is 33.7 Å². The van der Waals surface area contributed by atoms with E-state index in [0.717, 1.165) is 12.4 Å². The van der Waals surface area contributed by atoms with Gasteiger partial charge in [0.25, 0.3) is 0 Å². The van der Waals surface area contributed by atoms with E-state index in [9.17, 15) is 12.8 Å². The fourth-order valence-electron chi connectivity index (χ4n) is 3.79. The first-order valence-electron chi connectivity index (χ1n) is 11.4. The molecule has 0 spiro atoms. The molecule has 0 bridgehead atoms. The second kappa shape index (κ2) is 11.6. The van der Waals surface area contributed by atoms with Crippen molar-refractivity contribution in [2.75, 3.05) is 33.2 Å². The summed E-state index contributed by atoms with van der Waals surface area (Å²) in [6, 6.07) is 10.1. The quantitative estimate of drug-likeness (QED) is 0.289. The zero-order valence-corrected chi connectivity index (χ0v) is 22.5. The minimum absolute atomic E-state index is 0.00842. The molecule has 2 atom stereocenters. The highest BCUT2D eigenvalue weighted by Crippen LogP contribution is 2.38. The van der Waals surface area contributed by atoms with Crippen LogP contribution in [-0.2, 0) is 14.8 Å². The second-order valence-electron chi connectivity index (χ2n) is 8.03. The number of para-hydroxylation sites is 1. The average Bonchev–Trinajstić information content (AvgIpc) is 3.35. The van der Waals surface area contributed by atoms with Crippen molar-refractivity contribution in [1.82, 2.24) is 29.7 Å². The van der Waals surface area contributed by atoms with Crippen LogP contribution < -0.4 is 18.9 Å². The number of nitrogens with zero attached hydrogens (tertiary/aromatic N) is 6. The summed E-state index contributed by atoms with van der Waals surface area (Å²) in [6.07, 6.45) is 0.734. The van der Waals surface area contributed by atoms with Gasteiger partial charge in [-0.25, -0.2) is 27.8 Å². The number of rotatable bonds is 11. The van der Waals surface area contributed by atoms with Crippen molar-refractivity contribution in [3.8, 4) is 34.6 Å². The maximum absolute atomic E-state index is 13.6. The summed E-state index contributed by atoms with van der Waals surface area (Å²) in [6.45, 7) is 1.40. The molecule has 4 aromatic rings. The summed E-state index contributed by atoms with van der Waals surface area (Å²) in [7, 11) is 1.47. The van der Waals surface area contributed by atoms with Gasteiger partial charge in [-0.15, -0.1) is 10.2 Å². The van der Waals surface area contributed by atoms with E-state index in [4.69, 9.17) is 18.9 Å². The molecule has 0 aliphatic rings. The first kappa shape index (κ1) is 27.7. The minimum atomic E-state index is -4.23. The van der Waals surface area contributed by atoms with Crippen molar-refractivity contribution in [2.45, 2.75) is 18.3 Å². The summed E-state index contributed by atoms with van der Waals surface area (Å²) in [5.41, 5.74) is 0.658. The number of pyridine rings is 1. The lowest BCUT2D eigenvalue weighted by molar-refractivity contribution is 0.0948. The van der Waals surface area contributed by atoms with Crippen molar-refractivity contribution in [2.24, 2.45) is 0 Å². The molecule has 1 N–H and O–H groups in total. The minimum Gasteiger partial charge on any atom is -0.494 e. The van der Waals surface area contributed by atoms with E-state index in [2.05, 4.69) is 29.9 Å². The van der Waals surface area contributed by atoms with Gasteiger partial charge in [-0.3, -0.25) is 9.29 Å². The normalized spacial score (nSPS) is 13.0. The lowest BCUT2D eigenvalue weighted by Gasteiger charge is -2.22. The molecular weight excluding hydrogens is 533 g/mol. The number of hydrogen-bond donors (Lipinski definition) is 1. The predicted octanol–water partition coefficient (Wildman–Crippen LogP) is 2.80. The number of halogens is 1. The van der Waals surface area contributed by atoms with Crippen molar-refractivity contribution < 1.29 is 31.8 Å². The van der Waals surface area contributed by atoms with Gasteiger partial charge in [-0.1, -0.05) is 12.1 Å². The van der Waals surface area contributed by atoms with E-state index in [1.54, 1.807) is 36.4 Å². The summed E-state index contributed by atoms with van der Waals surface area (Å²) < 4.78 is 66.1. The first-order chi connectivity index (χ1) is 18.7. The molecule has 39 heavy (non-hydrogen) atoms. The van der Waals surface area contributed by atoms with Gasteiger partial charge >= 0.3 is 0 Å². The van der Waals surface area contributed by atoms with Crippen LogP contribution in [0.5, 0.6) is 17.4 Å². The molecule has 0 amide bonds. The van der Waals surface area contributed by atoms with Gasteiger partial charge in [-0.2, -0.15) is 0 Å². The zero-order valence-electron chi connectivity index (χ0n) is 21.7. The van der Waals surface area contributed by atoms with Crippen LogP contribution in [0.4, 0.5) is 10.3 Å². The van der Waals surface area contributed by atoms with Gasteiger partial charge in [0.15, 0.2) is 17.5 Å². The standard InChI is InChI=1S/C24H26FN7O6S/c1-14(21(38-5)22-26-12-15(25)13-27-22)39(33,34)31-24-30-29-23(16-8-6-11-19(28-16)37-4)32(24)20-17(35-2)9-7-10-18(20)36-3/h6-14,21H,1-5H3,(H,30,31)/t14-,21+/m0/s1. The molecule has 0 aliphatic heterocycles. The average molecular weight is 560 g/mol. The molecule has 206 valence electrons. The van der Waals surface area contributed by atoms with Gasteiger partial charge < -0.3 is 18.9 Å². The Hall–Kier alpha value is -4.37. The number of ether oxygens (including phenoxy) is 4. The number of benzene rings is 1. The Morgan fingerprint density at radius 3 is 2.15 bits per heavy atom. The highest BCUT2D eigenvalue weighted by molar-refractivity contribution is 7.93. The number of sulfonamides is 1. The first-order valence-corrected chi connectivity index (χ1v) is 13.0. The van der Waals surface area contributed by atoms with Crippen LogP contribution in [0.1, 0.15) is 18.9 Å². The zero-order chi connectivity index (χ0) is 28.2. The van der Waals surface area contributed by atoms with Gasteiger partial charge in [0.2, 0.25) is 21.9 Å². The van der Waals surface area contributed by atoms with Crippen LogP contribution in [0.25, 0.3) is 17.2 Å². The Labute approximate surface area is 224 Å². The van der Waals surface area contributed by atoms with E-state index >= 15 is 0 Å². The molecule has 0 radical (unpaired) electrons. The number of nitrogens with one attached hydrogen (secondary N) is 1. The largest absolute Gasteiger partial charge is 0.494 e. The Kier molecular flexibility index (Phi) is 8.21. The Balaban J connectivity index is 1.85. The van der Waals surface area contributed by atoms with E-state index in [1.807, 2.05) is 0 Å². The van der Waals surface area contributed by atoms with Gasteiger partial charge in [0.1, 0.15) is 34.2 Å². The molecule has 3 heterocycles. The van der Waals surface area contributed by atoms with Crippen LogP contribution >= 0.6 is 0 Å². The highest BCUT2D eigenvalue weighted by atomic mass is 32.2. The lowest BCUT2D eigenvalue weighted by Crippen LogP contribution is -2.33. The molecule has 0 saturated carbocycles. The van der Waals surface area contributed by atoms with E-state index in [0.29, 0.717) is 28.8 Å². The van der Waals surface area contributed by atoms with E-state index in [-0.39, 0.29) is 17.6 Å². The van der Waals surface area contributed by atoms with Crippen molar-refractivity contribution in [3.63, 3.8) is 0 Å². The molecule has 0 saturated heterocycles. The van der Waals surface area contributed by atoms with Gasteiger partial charge in [0, 0.05) is 13.2 Å². The molecule has 0 unspecified atom stereocenters. The summed E-state index contributed by atoms with van der Waals surface area (Å²) in [5.74, 6) is 0.326. The van der Waals surface area contributed by atoms with Crippen LogP contribution in [0, 0.1) is 5.82 Å². The van der Waals surface area contributed by atoms with Crippen LogP contribution in [0.3, 0.4) is 0 Å². The highest BCUT2D eigenvalue weighted by Gasteiger charge is 2.35. The SMILES string of the molecule is COc1cccc(-c2nnc(NS(=O)(=O)[C@@H](C)[C@@H](OC)c3ncc(F)cn3)n2-c2c(OC)cccc2OC)n1. The van der Waals surface area contributed by atoms with E-state index < -0.39 is 27.2 Å². The number of hydrogen-bond acceptors (Lipinski definition) is 11. The smallest absolute Gasteiger partial charge is 0.243 e. The van der Waals surface area contributed by atoms with Crippen molar-refractivity contribution >= 4 is 16.0 Å².